The second-order valence-corrected chi connectivity index (χ2v) is 6.08. The van der Waals surface area contributed by atoms with Crippen molar-refractivity contribution in [3.05, 3.63) is 70.7 Å². The van der Waals surface area contributed by atoms with Crippen LogP contribution in [0.15, 0.2) is 54.6 Å². The van der Waals surface area contributed by atoms with Crippen molar-refractivity contribution in [2.24, 2.45) is 0 Å². The summed E-state index contributed by atoms with van der Waals surface area (Å²) in [7, 11) is 0. The van der Waals surface area contributed by atoms with Crippen LogP contribution in [0.1, 0.15) is 27.9 Å². The zero-order valence-corrected chi connectivity index (χ0v) is 13.7. The molecule has 0 radical (unpaired) electrons. The van der Waals surface area contributed by atoms with E-state index < -0.39 is 0 Å². The lowest BCUT2D eigenvalue weighted by Gasteiger charge is -2.01. The molecule has 3 rings (SSSR count). The van der Waals surface area contributed by atoms with Crippen molar-refractivity contribution in [3.63, 3.8) is 0 Å². The molecule has 0 amide bonds. The standard InChI is InChI=1S/C19H17NO2S/c1-2-22-19(21)15-11-7-12-16-18(15)23-17(20-16)13-6-10-14-8-4-3-5-9-14/h3-12H,2,13H2,1H3/b10-6+. The lowest BCUT2D eigenvalue weighted by molar-refractivity contribution is 0.0529. The van der Waals surface area contributed by atoms with Crippen molar-refractivity contribution in [2.75, 3.05) is 6.61 Å². The number of hydrogen-bond acceptors (Lipinski definition) is 4. The molecular weight excluding hydrogens is 306 g/mol. The van der Waals surface area contributed by atoms with Crippen LogP contribution in [0, 0.1) is 0 Å². The van der Waals surface area contributed by atoms with Crippen LogP contribution in [0.4, 0.5) is 0 Å². The number of aromatic nitrogens is 1. The molecular formula is C19H17NO2S. The lowest BCUT2D eigenvalue weighted by atomic mass is 10.2. The van der Waals surface area contributed by atoms with Gasteiger partial charge in [0.2, 0.25) is 0 Å². The SMILES string of the molecule is CCOC(=O)c1cccc2nc(C/C=C/c3ccccc3)sc12. The van der Waals surface area contributed by atoms with Crippen molar-refractivity contribution in [2.45, 2.75) is 13.3 Å². The van der Waals surface area contributed by atoms with E-state index in [1.807, 2.05) is 37.3 Å². The second kappa shape index (κ2) is 7.20. The Morgan fingerprint density at radius 2 is 2.00 bits per heavy atom. The van der Waals surface area contributed by atoms with Gasteiger partial charge in [0.05, 0.1) is 27.4 Å². The summed E-state index contributed by atoms with van der Waals surface area (Å²) in [6, 6.07) is 15.7. The Morgan fingerprint density at radius 3 is 2.78 bits per heavy atom. The Balaban J connectivity index is 1.81. The van der Waals surface area contributed by atoms with Crippen molar-refractivity contribution < 1.29 is 9.53 Å². The number of rotatable bonds is 5. The molecule has 0 aliphatic heterocycles. The summed E-state index contributed by atoms with van der Waals surface area (Å²) >= 11 is 1.55. The second-order valence-electron chi connectivity index (χ2n) is 5.00. The molecule has 0 fully saturated rings. The van der Waals surface area contributed by atoms with Crippen LogP contribution >= 0.6 is 11.3 Å². The van der Waals surface area contributed by atoms with Gasteiger partial charge in [-0.1, -0.05) is 48.6 Å². The van der Waals surface area contributed by atoms with Crippen LogP contribution in [-0.2, 0) is 11.2 Å². The molecule has 2 aromatic carbocycles. The maximum absolute atomic E-state index is 12.0. The van der Waals surface area contributed by atoms with Gasteiger partial charge in [-0.2, -0.15) is 0 Å². The molecule has 0 unspecified atom stereocenters. The van der Waals surface area contributed by atoms with Gasteiger partial charge in [-0.15, -0.1) is 11.3 Å². The maximum Gasteiger partial charge on any atom is 0.339 e. The van der Waals surface area contributed by atoms with Crippen LogP contribution in [0.25, 0.3) is 16.3 Å². The zero-order valence-electron chi connectivity index (χ0n) is 12.9. The van der Waals surface area contributed by atoms with Gasteiger partial charge >= 0.3 is 5.97 Å². The smallest absolute Gasteiger partial charge is 0.339 e. The summed E-state index contributed by atoms with van der Waals surface area (Å²) < 4.78 is 6.01. The van der Waals surface area contributed by atoms with E-state index in [1.165, 1.54) is 5.56 Å². The van der Waals surface area contributed by atoms with Crippen molar-refractivity contribution >= 4 is 33.6 Å². The number of fused-ring (bicyclic) bond motifs is 1. The Kier molecular flexibility index (Phi) is 4.83. The first-order valence-electron chi connectivity index (χ1n) is 7.55. The molecule has 0 saturated heterocycles. The maximum atomic E-state index is 12.0. The average Bonchev–Trinajstić information content (AvgIpc) is 2.98. The fraction of sp³-hybridized carbons (Fsp3) is 0.158. The summed E-state index contributed by atoms with van der Waals surface area (Å²) in [5.74, 6) is -0.284. The van der Waals surface area contributed by atoms with E-state index in [4.69, 9.17) is 4.74 Å². The molecule has 1 heterocycles. The predicted octanol–water partition coefficient (Wildman–Crippen LogP) is 4.73. The summed E-state index contributed by atoms with van der Waals surface area (Å²) in [6.07, 6.45) is 4.92. The van der Waals surface area contributed by atoms with Crippen molar-refractivity contribution in [1.82, 2.24) is 4.98 Å². The fourth-order valence-corrected chi connectivity index (χ4v) is 3.35. The van der Waals surface area contributed by atoms with E-state index in [1.54, 1.807) is 17.4 Å². The van der Waals surface area contributed by atoms with Gasteiger partial charge in [0, 0.05) is 6.42 Å². The van der Waals surface area contributed by atoms with Gasteiger partial charge in [-0.3, -0.25) is 0 Å². The highest BCUT2D eigenvalue weighted by atomic mass is 32.1. The molecule has 4 heteroatoms. The highest BCUT2D eigenvalue weighted by molar-refractivity contribution is 7.19. The van der Waals surface area contributed by atoms with E-state index in [2.05, 4.69) is 29.3 Å². The topological polar surface area (TPSA) is 39.2 Å². The molecule has 0 aliphatic carbocycles. The number of carbonyl (C=O) groups is 1. The third-order valence-corrected chi connectivity index (χ3v) is 4.48. The molecule has 1 aromatic heterocycles. The van der Waals surface area contributed by atoms with E-state index in [-0.39, 0.29) is 5.97 Å². The number of thiazole rings is 1. The van der Waals surface area contributed by atoms with Gasteiger partial charge in [-0.25, -0.2) is 9.78 Å². The van der Waals surface area contributed by atoms with E-state index >= 15 is 0 Å². The predicted molar refractivity (Wildman–Crippen MR) is 94.8 cm³/mol. The Labute approximate surface area is 139 Å². The molecule has 0 spiro atoms. The number of nitrogens with zero attached hydrogens (tertiary/aromatic N) is 1. The minimum absolute atomic E-state index is 0.284. The quantitative estimate of drug-likeness (QED) is 0.637. The van der Waals surface area contributed by atoms with Gasteiger partial charge in [0.1, 0.15) is 0 Å². The first kappa shape index (κ1) is 15.4. The van der Waals surface area contributed by atoms with E-state index in [9.17, 15) is 4.79 Å². The fourth-order valence-electron chi connectivity index (χ4n) is 2.31. The minimum atomic E-state index is -0.284. The number of hydrogen-bond donors (Lipinski definition) is 0. The normalized spacial score (nSPS) is 11.2. The van der Waals surface area contributed by atoms with Gasteiger partial charge in [0.25, 0.3) is 0 Å². The van der Waals surface area contributed by atoms with Gasteiger partial charge in [0.15, 0.2) is 0 Å². The first-order valence-corrected chi connectivity index (χ1v) is 8.36. The van der Waals surface area contributed by atoms with Crippen LogP contribution < -0.4 is 0 Å². The summed E-state index contributed by atoms with van der Waals surface area (Å²) in [5, 5.41) is 0.990. The van der Waals surface area contributed by atoms with Crippen LogP contribution in [0.2, 0.25) is 0 Å². The molecule has 0 bridgehead atoms. The Morgan fingerprint density at radius 1 is 1.17 bits per heavy atom. The summed E-state index contributed by atoms with van der Waals surface area (Å²) in [5.41, 5.74) is 2.62. The molecule has 3 aromatic rings. The van der Waals surface area contributed by atoms with Crippen LogP contribution in [0.3, 0.4) is 0 Å². The number of benzene rings is 2. The van der Waals surface area contributed by atoms with Crippen LogP contribution in [0.5, 0.6) is 0 Å². The largest absolute Gasteiger partial charge is 0.462 e. The van der Waals surface area contributed by atoms with Gasteiger partial charge in [-0.05, 0) is 24.6 Å². The average molecular weight is 323 g/mol. The molecule has 0 saturated carbocycles. The monoisotopic (exact) mass is 323 g/mol. The third-order valence-electron chi connectivity index (χ3n) is 3.36. The number of ether oxygens (including phenoxy) is 1. The summed E-state index contributed by atoms with van der Waals surface area (Å²) in [6.45, 7) is 2.19. The molecule has 116 valence electrons. The number of allylic oxidation sites excluding steroid dienone is 1. The highest BCUT2D eigenvalue weighted by Gasteiger charge is 2.14. The summed E-state index contributed by atoms with van der Waals surface area (Å²) in [4.78, 5) is 16.6. The number of carbonyl (C=O) groups excluding carboxylic acids is 1. The van der Waals surface area contributed by atoms with Crippen LogP contribution in [-0.4, -0.2) is 17.6 Å². The molecule has 3 nitrogen and oxygen atoms in total. The first-order chi connectivity index (χ1) is 11.3. The highest BCUT2D eigenvalue weighted by Crippen LogP contribution is 2.27. The molecule has 0 N–H and O–H groups in total. The molecule has 0 aliphatic rings. The molecule has 0 atom stereocenters. The number of esters is 1. The Bertz CT molecular complexity index is 837. The third kappa shape index (κ3) is 3.66. The van der Waals surface area contributed by atoms with E-state index in [0.29, 0.717) is 12.2 Å². The van der Waals surface area contributed by atoms with Gasteiger partial charge < -0.3 is 4.74 Å². The van der Waals surface area contributed by atoms with Crippen molar-refractivity contribution in [3.8, 4) is 0 Å². The minimum Gasteiger partial charge on any atom is -0.462 e. The zero-order chi connectivity index (χ0) is 16.1. The van der Waals surface area contributed by atoms with Crippen molar-refractivity contribution in [1.29, 1.82) is 0 Å². The lowest BCUT2D eigenvalue weighted by Crippen LogP contribution is -2.04. The Hall–Kier alpha value is -2.46. The van der Waals surface area contributed by atoms with E-state index in [0.717, 1.165) is 21.6 Å². The molecule has 23 heavy (non-hydrogen) atoms.